The molecule has 3 heterocycles. The van der Waals surface area contributed by atoms with Crippen LogP contribution in [0.5, 0.6) is 0 Å². The van der Waals surface area contributed by atoms with Crippen LogP contribution in [0.25, 0.3) is 11.1 Å². The first-order valence-corrected chi connectivity index (χ1v) is 7.43. The molecule has 0 radical (unpaired) electrons. The van der Waals surface area contributed by atoms with Crippen molar-refractivity contribution in [2.24, 2.45) is 5.92 Å². The van der Waals surface area contributed by atoms with Gasteiger partial charge in [-0.1, -0.05) is 12.1 Å². The van der Waals surface area contributed by atoms with Crippen molar-refractivity contribution >= 4 is 0 Å². The Labute approximate surface area is 122 Å². The highest BCUT2D eigenvalue weighted by molar-refractivity contribution is 5.62. The summed E-state index contributed by atoms with van der Waals surface area (Å²) in [5.74, 6) is 0.697. The van der Waals surface area contributed by atoms with Crippen LogP contribution in [0.1, 0.15) is 18.0 Å². The molecule has 1 aromatic carbocycles. The van der Waals surface area contributed by atoms with Gasteiger partial charge in [-0.3, -0.25) is 4.79 Å². The summed E-state index contributed by atoms with van der Waals surface area (Å²) in [5, 5.41) is 3.44. The molecule has 0 aliphatic carbocycles. The van der Waals surface area contributed by atoms with Crippen molar-refractivity contribution in [2.75, 3.05) is 13.1 Å². The van der Waals surface area contributed by atoms with Crippen molar-refractivity contribution in [3.63, 3.8) is 0 Å². The van der Waals surface area contributed by atoms with Crippen LogP contribution < -0.4 is 10.9 Å². The van der Waals surface area contributed by atoms with Gasteiger partial charge in [-0.25, -0.2) is 4.39 Å². The molecule has 0 spiro atoms. The van der Waals surface area contributed by atoms with E-state index in [1.807, 2.05) is 10.6 Å². The first-order valence-electron chi connectivity index (χ1n) is 7.43. The van der Waals surface area contributed by atoms with E-state index in [1.165, 1.54) is 18.6 Å². The number of pyridine rings is 1. The Morgan fingerprint density at radius 3 is 2.71 bits per heavy atom. The first kappa shape index (κ1) is 12.8. The maximum atomic E-state index is 13.0. The van der Waals surface area contributed by atoms with Crippen LogP contribution in [0.4, 0.5) is 4.39 Å². The van der Waals surface area contributed by atoms with Crippen LogP contribution in [0, 0.1) is 11.7 Å². The van der Waals surface area contributed by atoms with Gasteiger partial charge in [0.2, 0.25) is 0 Å². The lowest BCUT2D eigenvalue weighted by Gasteiger charge is -2.37. The Morgan fingerprint density at radius 2 is 1.90 bits per heavy atom. The number of hydrogen-bond acceptors (Lipinski definition) is 2. The normalized spacial score (nSPS) is 23.7. The highest BCUT2D eigenvalue weighted by atomic mass is 18.2. The number of nitrogens with one attached hydrogen (secondary N) is 1. The smallest absolute Gasteiger partial charge is 0.258 e. The summed E-state index contributed by atoms with van der Waals surface area (Å²) in [6.45, 7) is 2.72. The van der Waals surface area contributed by atoms with Crippen LogP contribution in [0.2, 0.25) is 0 Å². The molecule has 108 valence electrons. The monoisotopic (exact) mass is 283 g/mol. The molecule has 1 aromatic heterocycles. The Morgan fingerprint density at radius 1 is 1.10 bits per heavy atom. The zero-order valence-corrected chi connectivity index (χ0v) is 11.7. The number of aromatic nitrogens is 1. The van der Waals surface area contributed by atoms with Gasteiger partial charge in [0.1, 0.15) is 5.82 Å². The minimum atomic E-state index is -0.280. The fourth-order valence-corrected chi connectivity index (χ4v) is 3.64. The average molecular weight is 283 g/mol. The third-order valence-corrected chi connectivity index (χ3v) is 4.66. The standard InChI is InChI=1S/C17H17FN2O/c18-14-3-1-12(2-4-14)15-5-6-16-13-7-11(8-19-9-13)10-20(16)17(15)21/h1-6,11,13,19H,7-10H2/t11-,13+/m0/s1/i18-1. The van der Waals surface area contributed by atoms with Gasteiger partial charge in [-0.15, -0.1) is 0 Å². The van der Waals surface area contributed by atoms with Gasteiger partial charge in [0.25, 0.3) is 5.56 Å². The number of piperidine rings is 1. The number of hydrogen-bond donors (Lipinski definition) is 1. The van der Waals surface area contributed by atoms with E-state index in [4.69, 9.17) is 0 Å². The summed E-state index contributed by atoms with van der Waals surface area (Å²) in [6.07, 6.45) is 1.17. The van der Waals surface area contributed by atoms with Gasteiger partial charge in [0.15, 0.2) is 0 Å². The van der Waals surface area contributed by atoms with E-state index in [0.717, 1.165) is 30.9 Å². The summed E-state index contributed by atoms with van der Waals surface area (Å²) in [4.78, 5) is 12.8. The zero-order chi connectivity index (χ0) is 14.4. The largest absolute Gasteiger partial charge is 0.316 e. The van der Waals surface area contributed by atoms with Crippen LogP contribution in [-0.2, 0) is 6.54 Å². The lowest BCUT2D eigenvalue weighted by atomic mass is 9.84. The predicted octanol–water partition coefficient (Wildman–Crippen LogP) is 2.36. The predicted molar refractivity (Wildman–Crippen MR) is 79.8 cm³/mol. The molecule has 4 rings (SSSR count). The fourth-order valence-electron chi connectivity index (χ4n) is 3.64. The lowest BCUT2D eigenvalue weighted by molar-refractivity contribution is 0.257. The summed E-state index contributed by atoms with van der Waals surface area (Å²) in [7, 11) is 0. The van der Waals surface area contributed by atoms with E-state index in [1.54, 1.807) is 12.1 Å². The molecule has 2 bridgehead atoms. The molecule has 3 nitrogen and oxygen atoms in total. The van der Waals surface area contributed by atoms with Crippen molar-refractivity contribution in [3.8, 4) is 11.1 Å². The molecular weight excluding hydrogens is 266 g/mol. The minimum Gasteiger partial charge on any atom is -0.316 e. The Kier molecular flexibility index (Phi) is 2.93. The van der Waals surface area contributed by atoms with Crippen LogP contribution in [0.3, 0.4) is 0 Å². The van der Waals surface area contributed by atoms with Gasteiger partial charge in [0, 0.05) is 30.3 Å². The SMILES string of the molecule is O=c1c(-c2ccc([18F])cc2)ccc2n1C[C@@H]1CNC[C@H]2C1. The molecule has 21 heavy (non-hydrogen) atoms. The Balaban J connectivity index is 1.83. The van der Waals surface area contributed by atoms with E-state index in [9.17, 15) is 9.18 Å². The molecule has 0 amide bonds. The quantitative estimate of drug-likeness (QED) is 0.872. The number of benzene rings is 1. The second kappa shape index (κ2) is 4.81. The maximum absolute atomic E-state index is 13.0. The molecule has 2 aromatic rings. The molecule has 1 saturated heterocycles. The van der Waals surface area contributed by atoms with Crippen molar-refractivity contribution < 1.29 is 4.39 Å². The van der Waals surface area contributed by atoms with E-state index in [0.29, 0.717) is 17.4 Å². The first-order chi connectivity index (χ1) is 10.2. The van der Waals surface area contributed by atoms with Crippen molar-refractivity contribution in [1.29, 1.82) is 0 Å². The molecule has 0 unspecified atom stereocenters. The lowest BCUT2D eigenvalue weighted by Crippen LogP contribution is -2.45. The highest BCUT2D eigenvalue weighted by Crippen LogP contribution is 2.32. The maximum Gasteiger partial charge on any atom is 0.258 e. The number of nitrogens with zero attached hydrogens (tertiary/aromatic N) is 1. The van der Waals surface area contributed by atoms with Crippen LogP contribution in [-0.4, -0.2) is 17.7 Å². The third-order valence-electron chi connectivity index (χ3n) is 4.66. The molecule has 1 fully saturated rings. The van der Waals surface area contributed by atoms with E-state index >= 15 is 0 Å². The van der Waals surface area contributed by atoms with Gasteiger partial charge >= 0.3 is 0 Å². The molecule has 2 aliphatic rings. The van der Waals surface area contributed by atoms with Gasteiger partial charge in [0.05, 0.1) is 0 Å². The highest BCUT2D eigenvalue weighted by Gasteiger charge is 2.31. The van der Waals surface area contributed by atoms with Gasteiger partial charge in [-0.05, 0) is 48.7 Å². The van der Waals surface area contributed by atoms with Crippen molar-refractivity contribution in [1.82, 2.24) is 9.88 Å². The van der Waals surface area contributed by atoms with Crippen LogP contribution >= 0.6 is 0 Å². The second-order valence-corrected chi connectivity index (χ2v) is 6.05. The average Bonchev–Trinajstić information content (AvgIpc) is 2.50. The topological polar surface area (TPSA) is 34.0 Å². The van der Waals surface area contributed by atoms with E-state index < -0.39 is 0 Å². The van der Waals surface area contributed by atoms with Crippen LogP contribution in [0.15, 0.2) is 41.2 Å². The minimum absolute atomic E-state index is 0.0516. The molecule has 2 aliphatic heterocycles. The fraction of sp³-hybridized carbons (Fsp3) is 0.353. The number of fused-ring (bicyclic) bond motifs is 4. The molecule has 1 N–H and O–H groups in total. The van der Waals surface area contributed by atoms with Crippen molar-refractivity contribution in [3.05, 3.63) is 58.3 Å². The third kappa shape index (κ3) is 2.10. The van der Waals surface area contributed by atoms with E-state index in [-0.39, 0.29) is 11.4 Å². The second-order valence-electron chi connectivity index (χ2n) is 6.05. The Bertz CT molecular complexity index is 735. The molecule has 4 heteroatoms. The number of halogens is 1. The summed E-state index contributed by atoms with van der Waals surface area (Å²) in [5.41, 5.74) is 2.63. The molecule has 2 atom stereocenters. The molecule has 0 saturated carbocycles. The summed E-state index contributed by atoms with van der Waals surface area (Å²) in [6, 6.07) is 10.1. The Hall–Kier alpha value is -1.94. The van der Waals surface area contributed by atoms with Gasteiger partial charge in [-0.2, -0.15) is 0 Å². The summed E-state index contributed by atoms with van der Waals surface area (Å²) < 4.78 is 15.0. The molecular formula is C17H17FN2O. The van der Waals surface area contributed by atoms with Gasteiger partial charge < -0.3 is 9.88 Å². The zero-order valence-electron chi connectivity index (χ0n) is 11.7. The summed E-state index contributed by atoms with van der Waals surface area (Å²) >= 11 is 0. The number of rotatable bonds is 1. The van der Waals surface area contributed by atoms with E-state index in [2.05, 4.69) is 11.4 Å². The van der Waals surface area contributed by atoms with Crippen molar-refractivity contribution in [2.45, 2.75) is 18.9 Å².